The van der Waals surface area contributed by atoms with E-state index < -0.39 is 6.10 Å². The van der Waals surface area contributed by atoms with E-state index in [1.807, 2.05) is 12.1 Å². The lowest BCUT2D eigenvalue weighted by Gasteiger charge is -2.42. The van der Waals surface area contributed by atoms with Gasteiger partial charge in [0, 0.05) is 26.2 Å². The van der Waals surface area contributed by atoms with Crippen molar-refractivity contribution in [2.45, 2.75) is 43.9 Å². The summed E-state index contributed by atoms with van der Waals surface area (Å²) < 4.78 is 10.7. The molecule has 2 atom stereocenters. The molecule has 0 amide bonds. The average molecular weight is 291 g/mol. The molecule has 0 bridgehead atoms. The highest BCUT2D eigenvalue weighted by Gasteiger charge is 2.34. The molecule has 2 unspecified atom stereocenters. The first kappa shape index (κ1) is 14.8. The second-order valence-electron chi connectivity index (χ2n) is 6.09. The van der Waals surface area contributed by atoms with Crippen molar-refractivity contribution in [3.63, 3.8) is 0 Å². The lowest BCUT2D eigenvalue weighted by Crippen LogP contribution is -2.47. The van der Waals surface area contributed by atoms with E-state index >= 15 is 0 Å². The minimum absolute atomic E-state index is 0.224. The summed E-state index contributed by atoms with van der Waals surface area (Å²) >= 11 is 0. The van der Waals surface area contributed by atoms with Crippen LogP contribution in [0, 0.1) is 0 Å². The van der Waals surface area contributed by atoms with Crippen LogP contribution in [-0.4, -0.2) is 49.5 Å². The SMILES string of the molecule is COc1ccc2c(c1)C(O)C(N1CCC(OC)CC1)CC2. The topological polar surface area (TPSA) is 41.9 Å². The monoisotopic (exact) mass is 291 g/mol. The molecule has 3 rings (SSSR count). The van der Waals surface area contributed by atoms with Crippen molar-refractivity contribution >= 4 is 0 Å². The number of benzene rings is 1. The standard InChI is InChI=1S/C17H25NO3/c1-20-13-7-9-18(10-8-13)16-6-4-12-3-5-14(21-2)11-15(12)17(16)19/h3,5,11,13,16-17,19H,4,6-10H2,1-2H3. The Kier molecular flexibility index (Phi) is 4.48. The molecule has 1 aliphatic heterocycles. The number of aliphatic hydroxyl groups is 1. The number of piperidine rings is 1. The molecular weight excluding hydrogens is 266 g/mol. The Morgan fingerprint density at radius 2 is 1.90 bits per heavy atom. The fourth-order valence-corrected chi connectivity index (χ4v) is 3.70. The van der Waals surface area contributed by atoms with Gasteiger partial charge in [0.05, 0.1) is 19.3 Å². The number of fused-ring (bicyclic) bond motifs is 1. The summed E-state index contributed by atoms with van der Waals surface area (Å²) in [5, 5.41) is 10.8. The molecule has 1 aromatic rings. The summed E-state index contributed by atoms with van der Waals surface area (Å²) in [6.45, 7) is 2.03. The van der Waals surface area contributed by atoms with Crippen molar-refractivity contribution in [3.05, 3.63) is 29.3 Å². The Labute approximate surface area is 126 Å². The van der Waals surface area contributed by atoms with Crippen molar-refractivity contribution < 1.29 is 14.6 Å². The highest BCUT2D eigenvalue weighted by Crippen LogP contribution is 2.36. The fourth-order valence-electron chi connectivity index (χ4n) is 3.70. The molecule has 21 heavy (non-hydrogen) atoms. The highest BCUT2D eigenvalue weighted by atomic mass is 16.5. The first-order chi connectivity index (χ1) is 10.2. The maximum Gasteiger partial charge on any atom is 0.119 e. The van der Waals surface area contributed by atoms with Crippen LogP contribution in [0.1, 0.15) is 36.5 Å². The molecule has 1 fully saturated rings. The Morgan fingerprint density at radius 1 is 1.14 bits per heavy atom. The van der Waals surface area contributed by atoms with Crippen LogP contribution >= 0.6 is 0 Å². The highest BCUT2D eigenvalue weighted by molar-refractivity contribution is 5.39. The third-order valence-electron chi connectivity index (χ3n) is 5.02. The maximum atomic E-state index is 10.8. The van der Waals surface area contributed by atoms with Gasteiger partial charge in [-0.05, 0) is 48.9 Å². The maximum absolute atomic E-state index is 10.8. The number of ether oxygens (including phenoxy) is 2. The number of aliphatic hydroxyl groups excluding tert-OH is 1. The third kappa shape index (κ3) is 2.93. The Balaban J connectivity index is 1.74. The van der Waals surface area contributed by atoms with E-state index in [9.17, 15) is 5.11 Å². The van der Waals surface area contributed by atoms with Gasteiger partial charge in [0.15, 0.2) is 0 Å². The number of hydrogen-bond acceptors (Lipinski definition) is 4. The number of methoxy groups -OCH3 is 2. The molecule has 1 heterocycles. The zero-order valence-corrected chi connectivity index (χ0v) is 12.9. The molecule has 1 N–H and O–H groups in total. The van der Waals surface area contributed by atoms with E-state index in [4.69, 9.17) is 9.47 Å². The third-order valence-corrected chi connectivity index (χ3v) is 5.02. The van der Waals surface area contributed by atoms with Gasteiger partial charge >= 0.3 is 0 Å². The summed E-state index contributed by atoms with van der Waals surface area (Å²) in [5.74, 6) is 0.826. The lowest BCUT2D eigenvalue weighted by atomic mass is 9.84. The Morgan fingerprint density at radius 3 is 2.57 bits per heavy atom. The number of hydrogen-bond donors (Lipinski definition) is 1. The second kappa shape index (κ2) is 6.34. The molecule has 116 valence electrons. The lowest BCUT2D eigenvalue weighted by molar-refractivity contribution is -0.0139. The predicted octanol–water partition coefficient (Wildman–Crippen LogP) is 2.15. The van der Waals surface area contributed by atoms with E-state index in [1.165, 1.54) is 5.56 Å². The van der Waals surface area contributed by atoms with Crippen LogP contribution in [0.15, 0.2) is 18.2 Å². The second-order valence-corrected chi connectivity index (χ2v) is 6.09. The summed E-state index contributed by atoms with van der Waals surface area (Å²) in [7, 11) is 3.46. The quantitative estimate of drug-likeness (QED) is 0.926. The normalized spacial score (nSPS) is 27.4. The molecule has 0 saturated carbocycles. The molecule has 4 nitrogen and oxygen atoms in total. The number of nitrogens with zero attached hydrogens (tertiary/aromatic N) is 1. The van der Waals surface area contributed by atoms with Gasteiger partial charge in [0.2, 0.25) is 0 Å². The number of likely N-dealkylation sites (tertiary alicyclic amines) is 1. The molecule has 1 aromatic carbocycles. The Hall–Kier alpha value is -1.10. The van der Waals surface area contributed by atoms with Crippen LogP contribution < -0.4 is 4.74 Å². The van der Waals surface area contributed by atoms with Gasteiger partial charge in [-0.3, -0.25) is 4.90 Å². The fraction of sp³-hybridized carbons (Fsp3) is 0.647. The van der Waals surface area contributed by atoms with Gasteiger partial charge in [-0.2, -0.15) is 0 Å². The van der Waals surface area contributed by atoms with E-state index in [-0.39, 0.29) is 6.04 Å². The summed E-state index contributed by atoms with van der Waals surface area (Å²) in [6, 6.07) is 6.29. The van der Waals surface area contributed by atoms with Crippen LogP contribution in [0.5, 0.6) is 5.75 Å². The van der Waals surface area contributed by atoms with Crippen LogP contribution in [0.25, 0.3) is 0 Å². The smallest absolute Gasteiger partial charge is 0.119 e. The zero-order valence-electron chi connectivity index (χ0n) is 12.9. The van der Waals surface area contributed by atoms with E-state index in [2.05, 4.69) is 11.0 Å². The largest absolute Gasteiger partial charge is 0.497 e. The van der Waals surface area contributed by atoms with Gasteiger partial charge in [-0.1, -0.05) is 6.07 Å². The minimum atomic E-state index is -0.414. The molecule has 1 saturated heterocycles. The Bertz CT molecular complexity index is 483. The zero-order chi connectivity index (χ0) is 14.8. The summed E-state index contributed by atoms with van der Waals surface area (Å²) in [5.41, 5.74) is 2.30. The average Bonchev–Trinajstić information content (AvgIpc) is 2.55. The molecule has 0 aromatic heterocycles. The van der Waals surface area contributed by atoms with E-state index in [0.29, 0.717) is 6.10 Å². The van der Waals surface area contributed by atoms with Crippen molar-refractivity contribution in [2.75, 3.05) is 27.3 Å². The van der Waals surface area contributed by atoms with Gasteiger partial charge in [0.1, 0.15) is 5.75 Å². The van der Waals surface area contributed by atoms with Crippen LogP contribution in [0.2, 0.25) is 0 Å². The predicted molar refractivity (Wildman–Crippen MR) is 81.7 cm³/mol. The molecule has 0 radical (unpaired) electrons. The number of aryl methyl sites for hydroxylation is 1. The van der Waals surface area contributed by atoms with E-state index in [1.54, 1.807) is 14.2 Å². The van der Waals surface area contributed by atoms with Crippen molar-refractivity contribution in [1.82, 2.24) is 4.90 Å². The summed E-state index contributed by atoms with van der Waals surface area (Å²) in [6.07, 6.45) is 4.15. The van der Waals surface area contributed by atoms with Gasteiger partial charge in [-0.25, -0.2) is 0 Å². The van der Waals surface area contributed by atoms with Crippen molar-refractivity contribution in [2.24, 2.45) is 0 Å². The van der Waals surface area contributed by atoms with Crippen molar-refractivity contribution in [1.29, 1.82) is 0 Å². The van der Waals surface area contributed by atoms with Crippen molar-refractivity contribution in [3.8, 4) is 5.75 Å². The molecular formula is C17H25NO3. The van der Waals surface area contributed by atoms with Gasteiger partial charge < -0.3 is 14.6 Å². The molecule has 4 heteroatoms. The molecule has 1 aliphatic carbocycles. The molecule has 0 spiro atoms. The minimum Gasteiger partial charge on any atom is -0.497 e. The summed E-state index contributed by atoms with van der Waals surface area (Å²) in [4.78, 5) is 2.43. The van der Waals surface area contributed by atoms with E-state index in [0.717, 1.165) is 50.1 Å². The first-order valence-corrected chi connectivity index (χ1v) is 7.84. The first-order valence-electron chi connectivity index (χ1n) is 7.84. The number of rotatable bonds is 3. The molecule has 2 aliphatic rings. The van der Waals surface area contributed by atoms with Gasteiger partial charge in [0.25, 0.3) is 0 Å². The van der Waals surface area contributed by atoms with Crippen LogP contribution in [0.4, 0.5) is 0 Å². The van der Waals surface area contributed by atoms with Crippen LogP contribution in [-0.2, 0) is 11.2 Å². The van der Waals surface area contributed by atoms with Crippen LogP contribution in [0.3, 0.4) is 0 Å². The van der Waals surface area contributed by atoms with Gasteiger partial charge in [-0.15, -0.1) is 0 Å².